The highest BCUT2D eigenvalue weighted by Crippen LogP contribution is 2.35. The molecule has 0 amide bonds. The second-order valence-electron chi connectivity index (χ2n) is 6.74. The molecular formula is C19H22O2Si. The van der Waals surface area contributed by atoms with Crippen LogP contribution in [0.5, 0.6) is 5.75 Å². The first kappa shape index (κ1) is 14.9. The van der Waals surface area contributed by atoms with Crippen LogP contribution in [0, 0.1) is 6.92 Å². The van der Waals surface area contributed by atoms with Crippen LogP contribution in [-0.2, 0) is 0 Å². The van der Waals surface area contributed by atoms with E-state index >= 15 is 0 Å². The molecule has 3 rings (SSSR count). The summed E-state index contributed by atoms with van der Waals surface area (Å²) in [4.78, 5) is 0. The molecule has 0 radical (unpaired) electrons. The standard InChI is InChI=1S/C19H22O2Si/c1-13-11-15(20-2)12-16-17(13)18(14-9-7-6-8-10-14)19(21-16)22(3,4)5/h6-12H,1-5H3. The summed E-state index contributed by atoms with van der Waals surface area (Å²) in [5.74, 6) is 0.848. The molecule has 1 heterocycles. The number of aryl methyl sites for hydroxylation is 1. The Morgan fingerprint density at radius 2 is 1.68 bits per heavy atom. The van der Waals surface area contributed by atoms with Gasteiger partial charge in [-0.2, -0.15) is 0 Å². The maximum atomic E-state index is 6.32. The van der Waals surface area contributed by atoms with Gasteiger partial charge in [-0.1, -0.05) is 50.0 Å². The van der Waals surface area contributed by atoms with Gasteiger partial charge in [-0.05, 0) is 24.1 Å². The predicted molar refractivity (Wildman–Crippen MR) is 95.9 cm³/mol. The Bertz CT molecular complexity index is 811. The zero-order valence-corrected chi connectivity index (χ0v) is 14.9. The highest BCUT2D eigenvalue weighted by Gasteiger charge is 2.28. The number of fused-ring (bicyclic) bond motifs is 1. The molecule has 0 N–H and O–H groups in total. The maximum Gasteiger partial charge on any atom is 0.138 e. The normalized spacial score (nSPS) is 11.9. The molecule has 0 aliphatic carbocycles. The number of methoxy groups -OCH3 is 1. The number of benzene rings is 2. The van der Waals surface area contributed by atoms with Crippen molar-refractivity contribution in [2.75, 3.05) is 7.11 Å². The van der Waals surface area contributed by atoms with E-state index in [1.54, 1.807) is 7.11 Å². The molecule has 0 aliphatic heterocycles. The minimum absolute atomic E-state index is 0.848. The zero-order valence-electron chi connectivity index (χ0n) is 13.9. The van der Waals surface area contributed by atoms with Gasteiger partial charge in [0.1, 0.15) is 19.4 Å². The van der Waals surface area contributed by atoms with Crippen molar-refractivity contribution in [2.24, 2.45) is 0 Å². The van der Waals surface area contributed by atoms with Gasteiger partial charge in [-0.15, -0.1) is 0 Å². The van der Waals surface area contributed by atoms with Crippen LogP contribution >= 0.6 is 0 Å². The zero-order chi connectivity index (χ0) is 15.9. The van der Waals surface area contributed by atoms with Gasteiger partial charge in [0.2, 0.25) is 0 Å². The molecule has 0 fully saturated rings. The smallest absolute Gasteiger partial charge is 0.138 e. The fraction of sp³-hybridized carbons (Fsp3) is 0.263. The van der Waals surface area contributed by atoms with Crippen molar-refractivity contribution in [1.82, 2.24) is 0 Å². The van der Waals surface area contributed by atoms with E-state index in [0.29, 0.717) is 0 Å². The van der Waals surface area contributed by atoms with E-state index in [1.165, 1.54) is 22.1 Å². The van der Waals surface area contributed by atoms with Gasteiger partial charge in [0.05, 0.1) is 12.5 Å². The SMILES string of the molecule is COc1cc(C)c2c(-c3ccccc3)c([Si](C)(C)C)oc2c1. The summed E-state index contributed by atoms with van der Waals surface area (Å²) in [6.45, 7) is 9.10. The summed E-state index contributed by atoms with van der Waals surface area (Å²) in [5.41, 5.74) is 4.61. The minimum Gasteiger partial charge on any atom is -0.497 e. The Morgan fingerprint density at radius 1 is 1.00 bits per heavy atom. The molecule has 2 nitrogen and oxygen atoms in total. The summed E-state index contributed by atoms with van der Waals surface area (Å²) in [6, 6.07) is 14.6. The highest BCUT2D eigenvalue weighted by atomic mass is 28.3. The van der Waals surface area contributed by atoms with E-state index in [2.05, 4.69) is 63.0 Å². The molecule has 114 valence electrons. The second-order valence-corrected chi connectivity index (χ2v) is 11.7. The quantitative estimate of drug-likeness (QED) is 0.638. The highest BCUT2D eigenvalue weighted by molar-refractivity contribution is 6.89. The first-order chi connectivity index (χ1) is 10.4. The molecule has 3 heteroatoms. The Labute approximate surface area is 132 Å². The van der Waals surface area contributed by atoms with Crippen molar-refractivity contribution in [1.29, 1.82) is 0 Å². The Balaban J connectivity index is 2.41. The summed E-state index contributed by atoms with van der Waals surface area (Å²) in [6.07, 6.45) is 0. The van der Waals surface area contributed by atoms with Gasteiger partial charge in [0, 0.05) is 17.0 Å². The van der Waals surface area contributed by atoms with Crippen LogP contribution in [0.2, 0.25) is 19.6 Å². The summed E-state index contributed by atoms with van der Waals surface area (Å²) in [5, 5.41) is 2.37. The molecule has 1 aromatic heterocycles. The number of furan rings is 1. The molecule has 0 unspecified atom stereocenters. The predicted octanol–water partition coefficient (Wildman–Crippen LogP) is 4.96. The Morgan fingerprint density at radius 3 is 2.27 bits per heavy atom. The lowest BCUT2D eigenvalue weighted by Crippen LogP contribution is -2.37. The van der Waals surface area contributed by atoms with Crippen LogP contribution in [0.1, 0.15) is 5.56 Å². The van der Waals surface area contributed by atoms with E-state index in [1.807, 2.05) is 6.07 Å². The van der Waals surface area contributed by atoms with Crippen LogP contribution in [0.15, 0.2) is 46.9 Å². The largest absolute Gasteiger partial charge is 0.497 e. The average Bonchev–Trinajstić information content (AvgIpc) is 2.88. The molecule has 0 bridgehead atoms. The number of hydrogen-bond acceptors (Lipinski definition) is 2. The molecule has 3 aromatic rings. The Kier molecular flexibility index (Phi) is 3.61. The molecule has 0 aliphatic rings. The van der Waals surface area contributed by atoms with Gasteiger partial charge >= 0.3 is 0 Å². The molecule has 2 aromatic carbocycles. The van der Waals surface area contributed by atoms with E-state index in [0.717, 1.165) is 16.7 Å². The first-order valence-corrected chi connectivity index (χ1v) is 11.1. The summed E-state index contributed by atoms with van der Waals surface area (Å²) >= 11 is 0. The molecule has 0 atom stereocenters. The van der Waals surface area contributed by atoms with Crippen LogP contribution in [0.3, 0.4) is 0 Å². The van der Waals surface area contributed by atoms with Crippen molar-refractivity contribution in [3.8, 4) is 16.9 Å². The van der Waals surface area contributed by atoms with E-state index in [9.17, 15) is 0 Å². The monoisotopic (exact) mass is 310 g/mol. The Hall–Kier alpha value is -2.00. The van der Waals surface area contributed by atoms with Crippen molar-refractivity contribution >= 4 is 24.4 Å². The van der Waals surface area contributed by atoms with Crippen molar-refractivity contribution in [3.05, 3.63) is 48.0 Å². The molecule has 0 saturated carbocycles. The van der Waals surface area contributed by atoms with Gasteiger partial charge in [0.15, 0.2) is 0 Å². The number of hydrogen-bond donors (Lipinski definition) is 0. The molecule has 0 spiro atoms. The lowest BCUT2D eigenvalue weighted by atomic mass is 10.0. The van der Waals surface area contributed by atoms with Gasteiger partial charge in [-0.25, -0.2) is 0 Å². The molecule has 0 saturated heterocycles. The first-order valence-electron chi connectivity index (χ1n) is 7.59. The fourth-order valence-corrected chi connectivity index (χ4v) is 4.36. The van der Waals surface area contributed by atoms with Crippen molar-refractivity contribution in [3.63, 3.8) is 0 Å². The summed E-state index contributed by atoms with van der Waals surface area (Å²) < 4.78 is 11.7. The van der Waals surface area contributed by atoms with Gasteiger partial charge in [0.25, 0.3) is 0 Å². The third-order valence-corrected chi connectivity index (χ3v) is 5.66. The van der Waals surface area contributed by atoms with Crippen LogP contribution < -0.4 is 10.1 Å². The summed E-state index contributed by atoms with van der Waals surface area (Å²) in [7, 11) is 0.0938. The lowest BCUT2D eigenvalue weighted by molar-refractivity contribution is 0.414. The topological polar surface area (TPSA) is 22.4 Å². The molecular weight excluding hydrogens is 288 g/mol. The maximum absolute atomic E-state index is 6.32. The second kappa shape index (κ2) is 5.32. The third-order valence-electron chi connectivity index (χ3n) is 3.94. The van der Waals surface area contributed by atoms with E-state index in [-0.39, 0.29) is 0 Å². The van der Waals surface area contributed by atoms with Gasteiger partial charge in [-0.3, -0.25) is 0 Å². The third kappa shape index (κ3) is 2.46. The lowest BCUT2D eigenvalue weighted by Gasteiger charge is -2.15. The van der Waals surface area contributed by atoms with Gasteiger partial charge < -0.3 is 9.15 Å². The van der Waals surface area contributed by atoms with Crippen molar-refractivity contribution < 1.29 is 9.15 Å². The van der Waals surface area contributed by atoms with E-state index < -0.39 is 8.07 Å². The number of ether oxygens (including phenoxy) is 1. The van der Waals surface area contributed by atoms with Crippen LogP contribution in [0.4, 0.5) is 0 Å². The molecule has 22 heavy (non-hydrogen) atoms. The number of rotatable bonds is 3. The fourth-order valence-electron chi connectivity index (χ4n) is 2.92. The van der Waals surface area contributed by atoms with Crippen LogP contribution in [0.25, 0.3) is 22.1 Å². The average molecular weight is 310 g/mol. The van der Waals surface area contributed by atoms with Crippen LogP contribution in [-0.4, -0.2) is 15.2 Å². The van der Waals surface area contributed by atoms with Crippen molar-refractivity contribution in [2.45, 2.75) is 26.6 Å². The minimum atomic E-state index is -1.60. The van der Waals surface area contributed by atoms with E-state index in [4.69, 9.17) is 9.15 Å².